The Labute approximate surface area is 155 Å². The van der Waals surface area contributed by atoms with Gasteiger partial charge in [-0.25, -0.2) is 0 Å². The number of nitro benzene ring substituents is 1. The Morgan fingerprint density at radius 3 is 3.00 bits per heavy atom. The highest BCUT2D eigenvalue weighted by molar-refractivity contribution is 7.07. The number of non-ortho nitro benzene ring substituents is 1. The minimum atomic E-state index is -0.495. The molecule has 1 aliphatic rings. The summed E-state index contributed by atoms with van der Waals surface area (Å²) in [6.45, 7) is 1.64. The van der Waals surface area contributed by atoms with E-state index in [-0.39, 0.29) is 11.6 Å². The third kappa shape index (κ3) is 4.20. The van der Waals surface area contributed by atoms with Gasteiger partial charge in [-0.05, 0) is 47.8 Å². The number of nitrogens with zero attached hydrogens (tertiary/aromatic N) is 2. The van der Waals surface area contributed by atoms with E-state index in [1.807, 2.05) is 0 Å². The number of anilines is 1. The van der Waals surface area contributed by atoms with Crippen LogP contribution in [-0.4, -0.2) is 35.9 Å². The van der Waals surface area contributed by atoms with Crippen molar-refractivity contribution in [2.45, 2.75) is 25.3 Å². The third-order valence-electron chi connectivity index (χ3n) is 4.59. The van der Waals surface area contributed by atoms with E-state index < -0.39 is 4.92 Å². The predicted octanol–water partition coefficient (Wildman–Crippen LogP) is 3.83. The van der Waals surface area contributed by atoms with Gasteiger partial charge in [-0.1, -0.05) is 0 Å². The highest BCUT2D eigenvalue weighted by Crippen LogP contribution is 2.33. The first-order valence-corrected chi connectivity index (χ1v) is 9.41. The van der Waals surface area contributed by atoms with Crippen LogP contribution in [0.25, 0.3) is 0 Å². The van der Waals surface area contributed by atoms with Crippen molar-refractivity contribution in [2.24, 2.45) is 0 Å². The van der Waals surface area contributed by atoms with Gasteiger partial charge in [0.05, 0.1) is 17.7 Å². The van der Waals surface area contributed by atoms with E-state index in [1.165, 1.54) is 30.9 Å². The number of nitro groups is 1. The van der Waals surface area contributed by atoms with Crippen molar-refractivity contribution < 1.29 is 14.5 Å². The second kappa shape index (κ2) is 8.29. The number of amides is 1. The van der Waals surface area contributed by atoms with Crippen molar-refractivity contribution in [3.8, 4) is 5.75 Å². The molecule has 3 rings (SSSR count). The molecule has 0 aliphatic carbocycles. The Balaban J connectivity index is 1.61. The summed E-state index contributed by atoms with van der Waals surface area (Å²) in [7, 11) is 1.46. The molecule has 0 radical (unpaired) electrons. The Bertz CT molecular complexity index is 779. The average molecular weight is 375 g/mol. The average Bonchev–Trinajstić information content (AvgIpc) is 3.30. The number of carbonyl (C=O) groups is 1. The van der Waals surface area contributed by atoms with Crippen molar-refractivity contribution in [1.82, 2.24) is 4.90 Å². The van der Waals surface area contributed by atoms with Gasteiger partial charge >= 0.3 is 0 Å². The summed E-state index contributed by atoms with van der Waals surface area (Å²) in [5, 5.41) is 17.9. The molecule has 1 aromatic carbocycles. The number of carbonyl (C=O) groups excluding carboxylic acids is 1. The maximum atomic E-state index is 12.4. The van der Waals surface area contributed by atoms with E-state index in [4.69, 9.17) is 4.74 Å². The molecule has 26 heavy (non-hydrogen) atoms. The SMILES string of the molecule is COc1ccc([N+](=O)[O-])cc1NC(=O)CCN1CCCC1c1ccsc1. The van der Waals surface area contributed by atoms with Crippen LogP contribution in [0, 0.1) is 10.1 Å². The molecule has 2 heterocycles. The van der Waals surface area contributed by atoms with Crippen LogP contribution in [0.3, 0.4) is 0 Å². The summed E-state index contributed by atoms with van der Waals surface area (Å²) in [5.74, 6) is 0.223. The van der Waals surface area contributed by atoms with E-state index >= 15 is 0 Å². The van der Waals surface area contributed by atoms with E-state index in [0.29, 0.717) is 30.4 Å². The van der Waals surface area contributed by atoms with Gasteiger partial charge < -0.3 is 10.1 Å². The molecule has 1 aliphatic heterocycles. The zero-order chi connectivity index (χ0) is 18.5. The minimum absolute atomic E-state index is 0.0850. The molecular formula is C18H21N3O4S. The van der Waals surface area contributed by atoms with Gasteiger partial charge in [0.1, 0.15) is 5.75 Å². The number of hydrogen-bond acceptors (Lipinski definition) is 6. The maximum absolute atomic E-state index is 12.4. The molecule has 7 nitrogen and oxygen atoms in total. The van der Waals surface area contributed by atoms with Gasteiger partial charge in [-0.2, -0.15) is 11.3 Å². The molecule has 0 bridgehead atoms. The number of thiophene rings is 1. The minimum Gasteiger partial charge on any atom is -0.495 e. The van der Waals surface area contributed by atoms with Gasteiger partial charge in [0.2, 0.25) is 5.91 Å². The maximum Gasteiger partial charge on any atom is 0.271 e. The molecule has 1 aromatic heterocycles. The van der Waals surface area contributed by atoms with Gasteiger partial charge in [-0.15, -0.1) is 0 Å². The molecule has 8 heteroatoms. The molecular weight excluding hydrogens is 354 g/mol. The van der Waals surface area contributed by atoms with Crippen LogP contribution in [0.2, 0.25) is 0 Å². The van der Waals surface area contributed by atoms with Crippen LogP contribution in [0.15, 0.2) is 35.0 Å². The number of ether oxygens (including phenoxy) is 1. The molecule has 1 amide bonds. The standard InChI is InChI=1S/C18H21N3O4S/c1-25-17-5-4-14(21(23)24)11-15(17)19-18(22)6-9-20-8-2-3-16(20)13-7-10-26-12-13/h4-5,7,10-12,16H,2-3,6,8-9H2,1H3,(H,19,22). The van der Waals surface area contributed by atoms with E-state index in [0.717, 1.165) is 19.4 Å². The lowest BCUT2D eigenvalue weighted by Crippen LogP contribution is -2.27. The zero-order valence-corrected chi connectivity index (χ0v) is 15.3. The largest absolute Gasteiger partial charge is 0.495 e. The topological polar surface area (TPSA) is 84.7 Å². The molecule has 0 spiro atoms. The second-order valence-electron chi connectivity index (χ2n) is 6.19. The first-order chi connectivity index (χ1) is 12.6. The number of methoxy groups -OCH3 is 1. The molecule has 2 aromatic rings. The lowest BCUT2D eigenvalue weighted by Gasteiger charge is -2.23. The summed E-state index contributed by atoms with van der Waals surface area (Å²) in [5.41, 5.74) is 1.55. The predicted molar refractivity (Wildman–Crippen MR) is 101 cm³/mol. The van der Waals surface area contributed by atoms with Gasteiger partial charge in [0.25, 0.3) is 5.69 Å². The molecule has 1 unspecified atom stereocenters. The summed E-state index contributed by atoms with van der Waals surface area (Å²) >= 11 is 1.69. The highest BCUT2D eigenvalue weighted by atomic mass is 32.1. The normalized spacial score (nSPS) is 17.2. The lowest BCUT2D eigenvalue weighted by molar-refractivity contribution is -0.384. The monoisotopic (exact) mass is 375 g/mol. The number of likely N-dealkylation sites (tertiary alicyclic amines) is 1. The second-order valence-corrected chi connectivity index (χ2v) is 6.97. The Hall–Kier alpha value is -2.45. The lowest BCUT2D eigenvalue weighted by atomic mass is 10.1. The Morgan fingerprint density at radius 2 is 2.31 bits per heavy atom. The van der Waals surface area contributed by atoms with Crippen LogP contribution < -0.4 is 10.1 Å². The summed E-state index contributed by atoms with van der Waals surface area (Å²) in [4.78, 5) is 25.1. The van der Waals surface area contributed by atoms with Crippen molar-refractivity contribution in [3.63, 3.8) is 0 Å². The summed E-state index contributed by atoms with van der Waals surface area (Å²) < 4.78 is 5.18. The van der Waals surface area contributed by atoms with E-state index in [9.17, 15) is 14.9 Å². The van der Waals surface area contributed by atoms with Crippen LogP contribution in [0.1, 0.15) is 30.9 Å². The van der Waals surface area contributed by atoms with E-state index in [1.54, 1.807) is 11.3 Å². The smallest absolute Gasteiger partial charge is 0.271 e. The first-order valence-electron chi connectivity index (χ1n) is 8.47. The van der Waals surface area contributed by atoms with Crippen LogP contribution in [-0.2, 0) is 4.79 Å². The Morgan fingerprint density at radius 1 is 1.46 bits per heavy atom. The fourth-order valence-electron chi connectivity index (χ4n) is 3.30. The van der Waals surface area contributed by atoms with Crippen molar-refractivity contribution in [2.75, 3.05) is 25.5 Å². The number of benzene rings is 1. The fraction of sp³-hybridized carbons (Fsp3) is 0.389. The van der Waals surface area contributed by atoms with Gasteiger partial charge in [0.15, 0.2) is 0 Å². The van der Waals surface area contributed by atoms with Crippen LogP contribution in [0.5, 0.6) is 5.75 Å². The first kappa shape index (κ1) is 18.3. The highest BCUT2D eigenvalue weighted by Gasteiger charge is 2.26. The van der Waals surface area contributed by atoms with Crippen molar-refractivity contribution in [3.05, 3.63) is 50.7 Å². The number of nitrogens with one attached hydrogen (secondary N) is 1. The number of rotatable bonds is 7. The molecule has 1 saturated heterocycles. The molecule has 1 atom stereocenters. The van der Waals surface area contributed by atoms with Crippen molar-refractivity contribution in [1.29, 1.82) is 0 Å². The Kier molecular flexibility index (Phi) is 5.85. The third-order valence-corrected chi connectivity index (χ3v) is 5.29. The molecule has 1 fully saturated rings. The number of hydrogen-bond donors (Lipinski definition) is 1. The van der Waals surface area contributed by atoms with Gasteiger partial charge in [0, 0.05) is 31.1 Å². The van der Waals surface area contributed by atoms with Gasteiger partial charge in [-0.3, -0.25) is 19.8 Å². The van der Waals surface area contributed by atoms with E-state index in [2.05, 4.69) is 27.0 Å². The molecule has 1 N–H and O–H groups in total. The van der Waals surface area contributed by atoms with Crippen LogP contribution >= 0.6 is 11.3 Å². The fourth-order valence-corrected chi connectivity index (χ4v) is 4.01. The summed E-state index contributed by atoms with van der Waals surface area (Å²) in [6.07, 6.45) is 2.56. The summed E-state index contributed by atoms with van der Waals surface area (Å²) in [6, 6.07) is 6.68. The zero-order valence-electron chi connectivity index (χ0n) is 14.5. The molecule has 138 valence electrons. The van der Waals surface area contributed by atoms with Crippen LogP contribution in [0.4, 0.5) is 11.4 Å². The van der Waals surface area contributed by atoms with Crippen molar-refractivity contribution >= 4 is 28.6 Å². The molecule has 0 saturated carbocycles. The quantitative estimate of drug-likeness (QED) is 0.587.